The lowest BCUT2D eigenvalue weighted by molar-refractivity contribution is 1.13. The van der Waals surface area contributed by atoms with E-state index >= 15 is 0 Å². The molecular formula is C9H4BrCl2N3. The number of hydrogen-bond donors (Lipinski definition) is 0. The van der Waals surface area contributed by atoms with E-state index in [-0.39, 0.29) is 0 Å². The smallest absolute Gasteiger partial charge is 0.181 e. The van der Waals surface area contributed by atoms with Crippen molar-refractivity contribution in [2.45, 2.75) is 0 Å². The summed E-state index contributed by atoms with van der Waals surface area (Å²) < 4.78 is 0.639. The Labute approximate surface area is 105 Å². The Morgan fingerprint density at radius 2 is 2.00 bits per heavy atom. The fraction of sp³-hybridized carbons (Fsp3) is 0. The summed E-state index contributed by atoms with van der Waals surface area (Å²) in [5, 5.41) is 0.831. The van der Waals surface area contributed by atoms with Crippen LogP contribution in [-0.2, 0) is 0 Å². The van der Waals surface area contributed by atoms with Gasteiger partial charge in [0.2, 0.25) is 0 Å². The average molecular weight is 305 g/mol. The van der Waals surface area contributed by atoms with Gasteiger partial charge < -0.3 is 0 Å². The van der Waals surface area contributed by atoms with Crippen LogP contribution in [0.3, 0.4) is 0 Å². The highest BCUT2D eigenvalue weighted by atomic mass is 79.9. The molecule has 0 radical (unpaired) electrons. The second-order valence-electron chi connectivity index (χ2n) is 2.67. The van der Waals surface area contributed by atoms with Gasteiger partial charge in [-0.3, -0.25) is 4.98 Å². The van der Waals surface area contributed by atoms with Crippen LogP contribution in [0.4, 0.5) is 0 Å². The summed E-state index contributed by atoms with van der Waals surface area (Å²) in [6, 6.07) is 3.47. The van der Waals surface area contributed by atoms with Crippen molar-refractivity contribution in [3.8, 4) is 11.5 Å². The summed E-state index contributed by atoms with van der Waals surface area (Å²) in [5.74, 6) is 0.411. The molecule has 3 nitrogen and oxygen atoms in total. The van der Waals surface area contributed by atoms with Gasteiger partial charge in [0, 0.05) is 12.4 Å². The van der Waals surface area contributed by atoms with E-state index in [9.17, 15) is 0 Å². The number of halogens is 3. The Balaban J connectivity index is 2.55. The fourth-order valence-corrected chi connectivity index (χ4v) is 1.54. The van der Waals surface area contributed by atoms with Crippen LogP contribution in [0.1, 0.15) is 0 Å². The lowest BCUT2D eigenvalue weighted by Gasteiger charge is -2.02. The third-order valence-corrected chi connectivity index (χ3v) is 3.07. The lowest BCUT2D eigenvalue weighted by Crippen LogP contribution is -1.92. The van der Waals surface area contributed by atoms with E-state index in [2.05, 4.69) is 30.9 Å². The van der Waals surface area contributed by atoms with E-state index < -0.39 is 0 Å². The largest absolute Gasteiger partial charge is 0.251 e. The molecule has 2 aromatic heterocycles. The van der Waals surface area contributed by atoms with Gasteiger partial charge in [-0.05, 0) is 28.1 Å². The summed E-state index contributed by atoms with van der Waals surface area (Å²) in [6.07, 6.45) is 3.19. The second kappa shape index (κ2) is 4.43. The van der Waals surface area contributed by atoms with Gasteiger partial charge in [0.15, 0.2) is 5.82 Å². The van der Waals surface area contributed by atoms with E-state index in [0.717, 1.165) is 0 Å². The standard InChI is InChI=1S/C9H4BrCl2N3/c10-5-4-14-9(15-8(5)12)7-6(11)2-1-3-13-7/h1-4H. The number of aromatic nitrogens is 3. The van der Waals surface area contributed by atoms with E-state index in [0.29, 0.717) is 26.2 Å². The first kappa shape index (κ1) is 10.8. The number of pyridine rings is 1. The van der Waals surface area contributed by atoms with Crippen LogP contribution in [0, 0.1) is 0 Å². The first-order valence-electron chi connectivity index (χ1n) is 3.97. The summed E-state index contributed by atoms with van der Waals surface area (Å²) in [7, 11) is 0. The predicted molar refractivity (Wildman–Crippen MR) is 63.0 cm³/mol. The molecule has 2 rings (SSSR count). The van der Waals surface area contributed by atoms with Gasteiger partial charge in [-0.15, -0.1) is 0 Å². The Hall–Kier alpha value is -0.710. The van der Waals surface area contributed by atoms with Gasteiger partial charge in [-0.1, -0.05) is 23.2 Å². The van der Waals surface area contributed by atoms with Crippen LogP contribution in [0.15, 0.2) is 29.0 Å². The van der Waals surface area contributed by atoms with Crippen molar-refractivity contribution in [2.75, 3.05) is 0 Å². The Bertz CT molecular complexity index is 504. The third kappa shape index (κ3) is 2.27. The Morgan fingerprint density at radius 1 is 1.20 bits per heavy atom. The van der Waals surface area contributed by atoms with Crippen LogP contribution in [0.5, 0.6) is 0 Å². The minimum absolute atomic E-state index is 0.335. The van der Waals surface area contributed by atoms with Crippen molar-refractivity contribution in [1.29, 1.82) is 0 Å². The van der Waals surface area contributed by atoms with Gasteiger partial charge in [0.05, 0.1) is 9.50 Å². The molecule has 0 saturated heterocycles. The normalized spacial score (nSPS) is 10.3. The topological polar surface area (TPSA) is 38.7 Å². The van der Waals surface area contributed by atoms with Crippen LogP contribution >= 0.6 is 39.1 Å². The summed E-state index contributed by atoms with van der Waals surface area (Å²) in [6.45, 7) is 0. The van der Waals surface area contributed by atoms with Crippen molar-refractivity contribution in [3.05, 3.63) is 39.2 Å². The highest BCUT2D eigenvalue weighted by Crippen LogP contribution is 2.25. The maximum atomic E-state index is 5.95. The van der Waals surface area contributed by atoms with Crippen LogP contribution in [0.2, 0.25) is 10.2 Å². The molecule has 0 aliphatic heterocycles. The van der Waals surface area contributed by atoms with Gasteiger partial charge in [-0.25, -0.2) is 9.97 Å². The maximum absolute atomic E-state index is 5.95. The first-order chi connectivity index (χ1) is 7.18. The van der Waals surface area contributed by atoms with Crippen molar-refractivity contribution in [1.82, 2.24) is 15.0 Å². The van der Waals surface area contributed by atoms with Crippen molar-refractivity contribution in [2.24, 2.45) is 0 Å². The summed E-state index contributed by atoms with van der Waals surface area (Å²) >= 11 is 15.0. The zero-order valence-electron chi connectivity index (χ0n) is 7.28. The molecule has 0 amide bonds. The van der Waals surface area contributed by atoms with Gasteiger partial charge in [0.25, 0.3) is 0 Å². The molecular weight excluding hydrogens is 301 g/mol. The molecule has 76 valence electrons. The molecule has 0 N–H and O–H groups in total. The minimum Gasteiger partial charge on any atom is -0.251 e. The molecule has 0 saturated carbocycles. The molecule has 0 aromatic carbocycles. The lowest BCUT2D eigenvalue weighted by atomic mass is 10.3. The summed E-state index contributed by atoms with van der Waals surface area (Å²) in [5.41, 5.74) is 0.522. The molecule has 0 bridgehead atoms. The van der Waals surface area contributed by atoms with Crippen LogP contribution in [0.25, 0.3) is 11.5 Å². The molecule has 0 aliphatic carbocycles. The fourth-order valence-electron chi connectivity index (χ4n) is 1.01. The van der Waals surface area contributed by atoms with Crippen LogP contribution < -0.4 is 0 Å². The molecule has 15 heavy (non-hydrogen) atoms. The van der Waals surface area contributed by atoms with Crippen molar-refractivity contribution >= 4 is 39.1 Å². The number of rotatable bonds is 1. The summed E-state index contributed by atoms with van der Waals surface area (Å²) in [4.78, 5) is 12.2. The number of nitrogens with zero attached hydrogens (tertiary/aromatic N) is 3. The predicted octanol–water partition coefficient (Wildman–Crippen LogP) is 3.61. The van der Waals surface area contributed by atoms with E-state index in [1.54, 1.807) is 24.5 Å². The SMILES string of the molecule is Clc1cccnc1-c1ncc(Br)c(Cl)n1. The molecule has 6 heteroatoms. The monoisotopic (exact) mass is 303 g/mol. The Morgan fingerprint density at radius 3 is 2.67 bits per heavy atom. The Kier molecular flexibility index (Phi) is 3.19. The van der Waals surface area contributed by atoms with E-state index in [1.165, 1.54) is 0 Å². The van der Waals surface area contributed by atoms with E-state index in [4.69, 9.17) is 23.2 Å². The third-order valence-electron chi connectivity index (χ3n) is 1.67. The molecule has 0 spiro atoms. The van der Waals surface area contributed by atoms with Gasteiger partial charge in [-0.2, -0.15) is 0 Å². The molecule has 0 aliphatic rings. The zero-order valence-corrected chi connectivity index (χ0v) is 10.4. The first-order valence-corrected chi connectivity index (χ1v) is 5.52. The molecule has 0 unspecified atom stereocenters. The highest BCUT2D eigenvalue weighted by Gasteiger charge is 2.09. The molecule has 0 fully saturated rings. The molecule has 2 aromatic rings. The minimum atomic E-state index is 0.335. The zero-order chi connectivity index (χ0) is 10.8. The molecule has 0 atom stereocenters. The van der Waals surface area contributed by atoms with E-state index in [1.807, 2.05) is 0 Å². The van der Waals surface area contributed by atoms with Crippen molar-refractivity contribution < 1.29 is 0 Å². The average Bonchev–Trinajstić information content (AvgIpc) is 2.23. The highest BCUT2D eigenvalue weighted by molar-refractivity contribution is 9.10. The number of hydrogen-bond acceptors (Lipinski definition) is 3. The molecule has 2 heterocycles. The van der Waals surface area contributed by atoms with Crippen molar-refractivity contribution in [3.63, 3.8) is 0 Å². The second-order valence-corrected chi connectivity index (χ2v) is 4.29. The van der Waals surface area contributed by atoms with Crippen LogP contribution in [-0.4, -0.2) is 15.0 Å². The maximum Gasteiger partial charge on any atom is 0.181 e. The van der Waals surface area contributed by atoms with Gasteiger partial charge in [0.1, 0.15) is 10.8 Å². The van der Waals surface area contributed by atoms with Gasteiger partial charge >= 0.3 is 0 Å². The quantitative estimate of drug-likeness (QED) is 0.756.